The summed E-state index contributed by atoms with van der Waals surface area (Å²) in [4.78, 5) is 35.9. The predicted molar refractivity (Wildman–Crippen MR) is 141 cm³/mol. The number of anilines is 1. The highest BCUT2D eigenvalue weighted by atomic mass is 19.4. The summed E-state index contributed by atoms with van der Waals surface area (Å²) in [6, 6.07) is 12.3. The number of benzene rings is 2. The van der Waals surface area contributed by atoms with Crippen LogP contribution in [-0.2, 0) is 14.3 Å². The molecule has 3 aromatic rings. The number of nitrogens with one attached hydrogen (secondary N) is 2. The van der Waals surface area contributed by atoms with Crippen LogP contribution in [0.2, 0.25) is 0 Å². The Balaban J connectivity index is 1.16. The first-order chi connectivity index (χ1) is 19.0. The number of nitrogens with two attached hydrogens (primary N) is 1. The molecule has 2 aliphatic rings. The predicted octanol–water partition coefficient (Wildman–Crippen LogP) is 4.10. The minimum Gasteiger partial charge on any atom is -0.454 e. The normalized spacial score (nSPS) is 23.2. The van der Waals surface area contributed by atoms with Crippen LogP contribution in [0, 0.1) is 11.3 Å². The molecule has 1 saturated heterocycles. The van der Waals surface area contributed by atoms with Crippen LogP contribution in [0.25, 0.3) is 16.6 Å². The highest BCUT2D eigenvalue weighted by Crippen LogP contribution is 2.47. The molecule has 0 radical (unpaired) electrons. The van der Waals surface area contributed by atoms with Crippen LogP contribution in [0.4, 0.5) is 18.9 Å². The molecule has 1 atom stereocenters. The minimum absolute atomic E-state index is 0.0923. The van der Waals surface area contributed by atoms with E-state index in [-0.39, 0.29) is 18.4 Å². The van der Waals surface area contributed by atoms with Gasteiger partial charge in [0.15, 0.2) is 0 Å². The third-order valence-corrected chi connectivity index (χ3v) is 8.09. The number of primary amides is 1. The summed E-state index contributed by atoms with van der Waals surface area (Å²) in [6.07, 6.45) is -0.583. The Morgan fingerprint density at radius 3 is 2.50 bits per heavy atom. The van der Waals surface area contributed by atoms with Crippen molar-refractivity contribution < 1.29 is 32.3 Å². The van der Waals surface area contributed by atoms with Crippen molar-refractivity contribution in [3.05, 3.63) is 54.2 Å². The molecule has 1 spiro atoms. The van der Waals surface area contributed by atoms with Gasteiger partial charge < -0.3 is 21.1 Å². The van der Waals surface area contributed by atoms with Gasteiger partial charge in [0.1, 0.15) is 11.6 Å². The van der Waals surface area contributed by atoms with Crippen molar-refractivity contribution in [2.75, 3.05) is 18.4 Å². The van der Waals surface area contributed by atoms with E-state index < -0.39 is 29.6 Å². The zero-order valence-electron chi connectivity index (χ0n) is 21.7. The van der Waals surface area contributed by atoms with Crippen molar-refractivity contribution >= 4 is 34.4 Å². The second-order valence-corrected chi connectivity index (χ2v) is 10.6. The van der Waals surface area contributed by atoms with Gasteiger partial charge in [-0.25, -0.2) is 9.48 Å². The monoisotopic (exact) mass is 557 g/mol. The number of nitrogens with zero attached hydrogens (tertiary/aromatic N) is 2. The third-order valence-electron chi connectivity index (χ3n) is 8.09. The summed E-state index contributed by atoms with van der Waals surface area (Å²) in [5.41, 5.74) is 7.16. The second-order valence-electron chi connectivity index (χ2n) is 10.6. The SMILES string of the molecule is NC(=O)c1cccc2cn(-c3ccc(NC(=O)CC4CCC5(CCNCC5OC(=O)C(F)(F)F)CC4)cc3)nc12. The molecule has 5 rings (SSSR count). The Bertz CT molecular complexity index is 1410. The number of rotatable bonds is 6. The highest BCUT2D eigenvalue weighted by Gasteiger charge is 2.49. The molecule has 1 saturated carbocycles. The lowest BCUT2D eigenvalue weighted by molar-refractivity contribution is -0.213. The third kappa shape index (κ3) is 5.81. The number of fused-ring (bicyclic) bond motifs is 1. The molecule has 2 amide bonds. The number of piperidine rings is 1. The molecule has 2 aromatic carbocycles. The van der Waals surface area contributed by atoms with Crippen LogP contribution in [0.3, 0.4) is 0 Å². The number of aromatic nitrogens is 2. The van der Waals surface area contributed by atoms with Gasteiger partial charge in [0, 0.05) is 35.7 Å². The number of hydrogen-bond donors (Lipinski definition) is 3. The number of carbonyl (C=O) groups excluding carboxylic acids is 3. The van der Waals surface area contributed by atoms with E-state index in [1.807, 2.05) is 6.07 Å². The Labute approximate surface area is 228 Å². The van der Waals surface area contributed by atoms with E-state index in [4.69, 9.17) is 10.5 Å². The van der Waals surface area contributed by atoms with E-state index in [2.05, 4.69) is 15.7 Å². The number of esters is 1. The summed E-state index contributed by atoms with van der Waals surface area (Å²) < 4.78 is 44.9. The lowest BCUT2D eigenvalue weighted by atomic mass is 9.63. The molecular formula is C28H30F3N5O4. The van der Waals surface area contributed by atoms with Crippen LogP contribution in [0.15, 0.2) is 48.7 Å². The van der Waals surface area contributed by atoms with Gasteiger partial charge >= 0.3 is 12.1 Å². The molecule has 1 aliphatic carbocycles. The molecule has 1 unspecified atom stereocenters. The average Bonchev–Trinajstić information content (AvgIpc) is 3.35. The number of ether oxygens (including phenoxy) is 1. The Morgan fingerprint density at radius 1 is 1.10 bits per heavy atom. The van der Waals surface area contributed by atoms with Crippen LogP contribution in [0.5, 0.6) is 0 Å². The zero-order chi connectivity index (χ0) is 28.5. The smallest absolute Gasteiger partial charge is 0.454 e. The first kappa shape index (κ1) is 27.6. The summed E-state index contributed by atoms with van der Waals surface area (Å²) in [5.74, 6) is -2.75. The maximum Gasteiger partial charge on any atom is 0.490 e. The second kappa shape index (κ2) is 10.9. The van der Waals surface area contributed by atoms with E-state index in [9.17, 15) is 27.6 Å². The lowest BCUT2D eigenvalue weighted by Gasteiger charge is -2.47. The van der Waals surface area contributed by atoms with E-state index in [0.29, 0.717) is 61.8 Å². The number of alkyl halides is 3. The fourth-order valence-corrected chi connectivity index (χ4v) is 5.89. The van der Waals surface area contributed by atoms with Crippen molar-refractivity contribution in [3.63, 3.8) is 0 Å². The van der Waals surface area contributed by atoms with Crippen molar-refractivity contribution in [1.82, 2.24) is 15.1 Å². The quantitative estimate of drug-likeness (QED) is 0.392. The topological polar surface area (TPSA) is 128 Å². The summed E-state index contributed by atoms with van der Waals surface area (Å²) in [6.45, 7) is 0.853. The molecule has 1 aromatic heterocycles. The minimum atomic E-state index is -5.02. The maximum atomic E-state index is 12.8. The fraction of sp³-hybridized carbons (Fsp3) is 0.429. The first-order valence-corrected chi connectivity index (χ1v) is 13.2. The van der Waals surface area contributed by atoms with Gasteiger partial charge in [-0.1, -0.05) is 12.1 Å². The van der Waals surface area contributed by atoms with Crippen LogP contribution in [0.1, 0.15) is 48.9 Å². The summed E-state index contributed by atoms with van der Waals surface area (Å²) >= 11 is 0. The molecule has 2 fully saturated rings. The van der Waals surface area contributed by atoms with Gasteiger partial charge in [-0.15, -0.1) is 0 Å². The highest BCUT2D eigenvalue weighted by molar-refractivity contribution is 6.04. The summed E-state index contributed by atoms with van der Waals surface area (Å²) in [7, 11) is 0. The van der Waals surface area contributed by atoms with Gasteiger partial charge in [0.05, 0.1) is 11.3 Å². The van der Waals surface area contributed by atoms with Crippen LogP contribution >= 0.6 is 0 Å². The molecule has 4 N–H and O–H groups in total. The van der Waals surface area contributed by atoms with E-state index in [0.717, 1.165) is 11.1 Å². The van der Waals surface area contributed by atoms with Crippen molar-refractivity contribution in [1.29, 1.82) is 0 Å². The molecule has 1 aliphatic heterocycles. The first-order valence-electron chi connectivity index (χ1n) is 13.2. The Morgan fingerprint density at radius 2 is 1.82 bits per heavy atom. The molecule has 12 heteroatoms. The number of carbonyl (C=O) groups is 3. The average molecular weight is 558 g/mol. The van der Waals surface area contributed by atoms with Gasteiger partial charge in [0.2, 0.25) is 5.91 Å². The van der Waals surface area contributed by atoms with Gasteiger partial charge in [-0.2, -0.15) is 18.3 Å². The van der Waals surface area contributed by atoms with Crippen molar-refractivity contribution in [2.45, 2.75) is 50.8 Å². The summed E-state index contributed by atoms with van der Waals surface area (Å²) in [5, 5.41) is 11.2. The molecule has 9 nitrogen and oxygen atoms in total. The van der Waals surface area contributed by atoms with Crippen molar-refractivity contribution in [3.8, 4) is 5.69 Å². The van der Waals surface area contributed by atoms with Gasteiger partial charge in [-0.05, 0) is 74.9 Å². The number of halogens is 3. The van der Waals surface area contributed by atoms with Crippen LogP contribution < -0.4 is 16.4 Å². The largest absolute Gasteiger partial charge is 0.490 e. The van der Waals surface area contributed by atoms with E-state index in [1.54, 1.807) is 47.3 Å². The molecule has 40 heavy (non-hydrogen) atoms. The van der Waals surface area contributed by atoms with Gasteiger partial charge in [-0.3, -0.25) is 9.59 Å². The fourth-order valence-electron chi connectivity index (χ4n) is 5.89. The standard InChI is InChI=1S/C28H30F3N5O4/c29-28(30,31)26(39)40-22-15-33-13-12-27(22)10-8-17(9-11-27)14-23(37)34-19-4-6-20(7-5-19)36-16-18-2-1-3-21(25(32)38)24(18)35-36/h1-7,16-17,22,33H,8-15H2,(H2,32,38)(H,34,37). The molecular weight excluding hydrogens is 527 g/mol. The van der Waals surface area contributed by atoms with Crippen LogP contribution in [-0.4, -0.2) is 52.9 Å². The van der Waals surface area contributed by atoms with Gasteiger partial charge in [0.25, 0.3) is 5.91 Å². The lowest BCUT2D eigenvalue weighted by Crippen LogP contribution is -2.53. The zero-order valence-corrected chi connectivity index (χ0v) is 21.7. The molecule has 2 heterocycles. The Hall–Kier alpha value is -3.93. The Kier molecular flexibility index (Phi) is 7.54. The number of hydrogen-bond acceptors (Lipinski definition) is 6. The van der Waals surface area contributed by atoms with E-state index in [1.165, 1.54) is 0 Å². The molecule has 212 valence electrons. The molecule has 0 bridgehead atoms. The van der Waals surface area contributed by atoms with E-state index >= 15 is 0 Å². The number of amides is 2. The maximum absolute atomic E-state index is 12.8. The van der Waals surface area contributed by atoms with Crippen molar-refractivity contribution in [2.24, 2.45) is 17.1 Å².